The summed E-state index contributed by atoms with van der Waals surface area (Å²) in [4.78, 5) is 12.3. The third-order valence-corrected chi connectivity index (χ3v) is 5.28. The van der Waals surface area contributed by atoms with Crippen LogP contribution in [0.3, 0.4) is 0 Å². The van der Waals surface area contributed by atoms with Crippen molar-refractivity contribution < 1.29 is 13.2 Å². The quantitative estimate of drug-likeness (QED) is 0.934. The van der Waals surface area contributed by atoms with Gasteiger partial charge in [-0.3, -0.25) is 4.79 Å². The van der Waals surface area contributed by atoms with E-state index in [1.54, 1.807) is 12.1 Å². The van der Waals surface area contributed by atoms with Crippen LogP contribution < -0.4 is 5.32 Å². The minimum Gasteiger partial charge on any atom is -0.325 e. The van der Waals surface area contributed by atoms with Crippen molar-refractivity contribution in [2.24, 2.45) is 0 Å². The number of sulfone groups is 1. The fraction of sp³-hybridized carbons (Fsp3) is 0.278. The zero-order valence-corrected chi connectivity index (χ0v) is 14.6. The highest BCUT2D eigenvalue weighted by Crippen LogP contribution is 2.22. The van der Waals surface area contributed by atoms with E-state index in [0.29, 0.717) is 5.69 Å². The first-order chi connectivity index (χ1) is 10.7. The zero-order chi connectivity index (χ0) is 17.2. The topological polar surface area (TPSA) is 63.2 Å². The maximum atomic E-state index is 12.3. The van der Waals surface area contributed by atoms with Gasteiger partial charge in [-0.2, -0.15) is 0 Å². The van der Waals surface area contributed by atoms with Gasteiger partial charge in [0.05, 0.1) is 4.90 Å². The largest absolute Gasteiger partial charge is 0.325 e. The number of anilines is 1. The van der Waals surface area contributed by atoms with Crippen molar-refractivity contribution in [3.05, 3.63) is 58.7 Å². The summed E-state index contributed by atoms with van der Waals surface area (Å²) >= 11 is 0. The van der Waals surface area contributed by atoms with Gasteiger partial charge in [0.2, 0.25) is 5.91 Å². The van der Waals surface area contributed by atoms with E-state index in [1.165, 1.54) is 12.1 Å². The summed E-state index contributed by atoms with van der Waals surface area (Å²) in [6.07, 6.45) is 0. The first kappa shape index (κ1) is 17.2. The Morgan fingerprint density at radius 2 is 1.43 bits per heavy atom. The minimum atomic E-state index is -3.64. The Hall–Kier alpha value is -2.14. The highest BCUT2D eigenvalue weighted by Gasteiger charge is 2.20. The first-order valence-electron chi connectivity index (χ1n) is 7.36. The molecule has 2 aromatic rings. The van der Waals surface area contributed by atoms with Crippen LogP contribution in [0.25, 0.3) is 0 Å². The number of rotatable bonds is 4. The molecule has 0 saturated carbocycles. The third kappa shape index (κ3) is 4.20. The zero-order valence-electron chi connectivity index (χ0n) is 13.8. The van der Waals surface area contributed by atoms with Crippen LogP contribution >= 0.6 is 0 Å². The molecule has 2 aromatic carbocycles. The molecule has 0 unspecified atom stereocenters. The van der Waals surface area contributed by atoms with E-state index in [-0.39, 0.29) is 4.90 Å². The molecule has 23 heavy (non-hydrogen) atoms. The highest BCUT2D eigenvalue weighted by atomic mass is 32.2. The van der Waals surface area contributed by atoms with Crippen LogP contribution in [0.2, 0.25) is 0 Å². The van der Waals surface area contributed by atoms with Crippen LogP contribution in [0.1, 0.15) is 22.3 Å². The van der Waals surface area contributed by atoms with Gasteiger partial charge >= 0.3 is 0 Å². The maximum absolute atomic E-state index is 12.3. The highest BCUT2D eigenvalue weighted by molar-refractivity contribution is 7.92. The summed E-state index contributed by atoms with van der Waals surface area (Å²) in [7, 11) is -3.64. The van der Waals surface area contributed by atoms with Crippen molar-refractivity contribution in [1.29, 1.82) is 0 Å². The van der Waals surface area contributed by atoms with Crippen LogP contribution in [-0.4, -0.2) is 20.1 Å². The van der Waals surface area contributed by atoms with Crippen LogP contribution in [0.4, 0.5) is 5.69 Å². The standard InChI is InChI=1S/C18H21NO3S/c1-12-5-7-16(8-6-12)23(21,22)11-17(20)19-18-14(3)9-13(2)10-15(18)4/h5-10H,11H2,1-4H3,(H,19,20). The molecule has 122 valence electrons. The summed E-state index contributed by atoms with van der Waals surface area (Å²) in [6.45, 7) is 7.65. The normalized spacial score (nSPS) is 11.3. The van der Waals surface area contributed by atoms with Crippen LogP contribution in [0, 0.1) is 27.7 Å². The van der Waals surface area contributed by atoms with Crippen LogP contribution in [-0.2, 0) is 14.6 Å². The Morgan fingerprint density at radius 1 is 0.913 bits per heavy atom. The summed E-state index contributed by atoms with van der Waals surface area (Å²) in [6, 6.07) is 10.4. The lowest BCUT2D eigenvalue weighted by Crippen LogP contribution is -2.23. The Bertz CT molecular complexity index is 814. The number of hydrogen-bond donors (Lipinski definition) is 1. The molecule has 4 nitrogen and oxygen atoms in total. The summed E-state index contributed by atoms with van der Waals surface area (Å²) < 4.78 is 24.6. The Kier molecular flexibility index (Phi) is 4.90. The Morgan fingerprint density at radius 3 is 1.96 bits per heavy atom. The molecule has 0 aliphatic rings. The van der Waals surface area contributed by atoms with Gasteiger partial charge in [-0.15, -0.1) is 0 Å². The molecule has 5 heteroatoms. The van der Waals surface area contributed by atoms with E-state index in [4.69, 9.17) is 0 Å². The van der Waals surface area contributed by atoms with Crippen LogP contribution in [0.5, 0.6) is 0 Å². The first-order valence-corrected chi connectivity index (χ1v) is 9.01. The average molecular weight is 331 g/mol. The minimum absolute atomic E-state index is 0.163. The average Bonchev–Trinajstić information content (AvgIpc) is 2.42. The van der Waals surface area contributed by atoms with Crippen molar-refractivity contribution in [2.45, 2.75) is 32.6 Å². The summed E-state index contributed by atoms with van der Waals surface area (Å²) in [5.41, 5.74) is 4.59. The second kappa shape index (κ2) is 6.54. The number of nitrogens with one attached hydrogen (secondary N) is 1. The van der Waals surface area contributed by atoms with Gasteiger partial charge in [-0.1, -0.05) is 35.4 Å². The van der Waals surface area contributed by atoms with Gasteiger partial charge in [-0.05, 0) is 51.0 Å². The molecule has 0 atom stereocenters. The van der Waals surface area contributed by atoms with E-state index >= 15 is 0 Å². The molecular weight excluding hydrogens is 310 g/mol. The van der Waals surface area contributed by atoms with E-state index in [2.05, 4.69) is 5.32 Å². The number of carbonyl (C=O) groups is 1. The maximum Gasteiger partial charge on any atom is 0.239 e. The lowest BCUT2D eigenvalue weighted by Gasteiger charge is -2.13. The Balaban J connectivity index is 2.18. The molecule has 0 aromatic heterocycles. The van der Waals surface area contributed by atoms with E-state index in [0.717, 1.165) is 22.3 Å². The molecule has 1 amide bonds. The van der Waals surface area contributed by atoms with Gasteiger partial charge in [-0.25, -0.2) is 8.42 Å². The molecule has 0 bridgehead atoms. The SMILES string of the molecule is Cc1ccc(S(=O)(=O)CC(=O)Nc2c(C)cc(C)cc2C)cc1. The monoisotopic (exact) mass is 331 g/mol. The predicted octanol–water partition coefficient (Wildman–Crippen LogP) is 3.33. The van der Waals surface area contributed by atoms with E-state index in [1.807, 2.05) is 39.8 Å². The number of hydrogen-bond acceptors (Lipinski definition) is 3. The van der Waals surface area contributed by atoms with Crippen molar-refractivity contribution in [3.63, 3.8) is 0 Å². The molecular formula is C18H21NO3S. The van der Waals surface area contributed by atoms with Gasteiger partial charge in [0.1, 0.15) is 5.75 Å². The second-order valence-corrected chi connectivity index (χ2v) is 7.88. The molecule has 0 radical (unpaired) electrons. The van der Waals surface area contributed by atoms with E-state index < -0.39 is 21.5 Å². The number of carbonyl (C=O) groups excluding carboxylic acids is 1. The summed E-state index contributed by atoms with van der Waals surface area (Å²) in [5.74, 6) is -1.09. The lowest BCUT2D eigenvalue weighted by molar-refractivity contribution is -0.113. The van der Waals surface area contributed by atoms with Gasteiger partial charge in [0, 0.05) is 5.69 Å². The van der Waals surface area contributed by atoms with Crippen molar-refractivity contribution in [3.8, 4) is 0 Å². The molecule has 0 aliphatic heterocycles. The molecule has 0 spiro atoms. The predicted molar refractivity (Wildman–Crippen MR) is 92.5 cm³/mol. The number of aryl methyl sites for hydroxylation is 4. The molecule has 0 heterocycles. The Labute approximate surface area is 137 Å². The molecule has 2 rings (SSSR count). The van der Waals surface area contributed by atoms with Gasteiger partial charge < -0.3 is 5.32 Å². The summed E-state index contributed by atoms with van der Waals surface area (Å²) in [5, 5.41) is 2.72. The van der Waals surface area contributed by atoms with Gasteiger partial charge in [0.25, 0.3) is 0 Å². The molecule has 0 saturated heterocycles. The second-order valence-electron chi connectivity index (χ2n) is 5.89. The molecule has 1 N–H and O–H groups in total. The van der Waals surface area contributed by atoms with Crippen molar-refractivity contribution in [1.82, 2.24) is 0 Å². The van der Waals surface area contributed by atoms with Crippen molar-refractivity contribution in [2.75, 3.05) is 11.1 Å². The number of benzene rings is 2. The molecule has 0 aliphatic carbocycles. The van der Waals surface area contributed by atoms with Gasteiger partial charge in [0.15, 0.2) is 9.84 Å². The van der Waals surface area contributed by atoms with Crippen LogP contribution in [0.15, 0.2) is 41.3 Å². The van der Waals surface area contributed by atoms with Crippen molar-refractivity contribution >= 4 is 21.4 Å². The fourth-order valence-electron chi connectivity index (χ4n) is 2.55. The fourth-order valence-corrected chi connectivity index (χ4v) is 3.69. The number of amides is 1. The van der Waals surface area contributed by atoms with E-state index in [9.17, 15) is 13.2 Å². The molecule has 0 fully saturated rings. The third-order valence-electron chi connectivity index (χ3n) is 3.64. The smallest absolute Gasteiger partial charge is 0.239 e. The lowest BCUT2D eigenvalue weighted by atomic mass is 10.1.